The molecule has 0 unspecified atom stereocenters. The van der Waals surface area contributed by atoms with Gasteiger partial charge in [0, 0.05) is 10.8 Å². The molecule has 0 atom stereocenters. The first-order chi connectivity index (χ1) is 17.6. The van der Waals surface area contributed by atoms with Gasteiger partial charge in [0.05, 0.1) is 10.8 Å². The maximum atomic E-state index is 11.4. The molecule has 0 saturated carbocycles. The van der Waals surface area contributed by atoms with Crippen LogP contribution >= 0.6 is 0 Å². The van der Waals surface area contributed by atoms with Crippen molar-refractivity contribution in [2.45, 2.75) is 136 Å². The van der Waals surface area contributed by atoms with Gasteiger partial charge in [0.25, 0.3) is 0 Å². The van der Waals surface area contributed by atoms with E-state index in [0.29, 0.717) is 0 Å². The number of esters is 4. The molecule has 0 radical (unpaired) electrons. The summed E-state index contributed by atoms with van der Waals surface area (Å²) in [6, 6.07) is 0. The summed E-state index contributed by atoms with van der Waals surface area (Å²) in [4.78, 5) is 67.9. The molecule has 0 aromatic carbocycles. The molecule has 238 valence electrons. The van der Waals surface area contributed by atoms with E-state index in [9.17, 15) is 28.8 Å². The number of ketones is 2. The Balaban J connectivity index is -0.000000536. The van der Waals surface area contributed by atoms with Crippen LogP contribution in [0.1, 0.15) is 125 Å². The molecular formula is C30H54O10Ti. The number of hydrogen-bond acceptors (Lipinski definition) is 10. The molecule has 41 heavy (non-hydrogen) atoms. The summed E-state index contributed by atoms with van der Waals surface area (Å²) in [5.41, 5.74) is -3.32. The van der Waals surface area contributed by atoms with E-state index in [4.69, 9.17) is 6.64 Å². The summed E-state index contributed by atoms with van der Waals surface area (Å²) in [5.74, 6) is -4.93. The second-order valence-corrected chi connectivity index (χ2v) is 16.4. The molecule has 0 rings (SSSR count). The average Bonchev–Trinajstić information content (AvgIpc) is 2.68. The molecular weight excluding hydrogens is 568 g/mol. The molecule has 11 heteroatoms. The van der Waals surface area contributed by atoms with Crippen molar-refractivity contribution in [1.29, 1.82) is 0 Å². The molecule has 0 N–H and O–H groups in total. The van der Waals surface area contributed by atoms with Gasteiger partial charge in [-0.3, -0.25) is 19.2 Å². The molecule has 0 aliphatic rings. The quantitative estimate of drug-likeness (QED) is 0.160. The normalized spacial score (nSPS) is 12.4. The number of hydrogen-bond donors (Lipinski definition) is 0. The summed E-state index contributed by atoms with van der Waals surface area (Å²) in [5, 5.41) is 0. The predicted molar refractivity (Wildman–Crippen MR) is 152 cm³/mol. The molecule has 0 aromatic rings. The van der Waals surface area contributed by atoms with E-state index >= 15 is 0 Å². The van der Waals surface area contributed by atoms with Crippen molar-refractivity contribution in [1.82, 2.24) is 0 Å². The molecule has 0 aromatic heterocycles. The maximum absolute atomic E-state index is 11.4. The SMILES string of the molecule is CC(C)(C)C(=O)OC(=O)C(=O)C(C)(C)C.CC(C)(C)C(=O)OC(=O)C(=O)C(C)(C)C.CC(C)(C)[O][Ti][O]C(C)(C)C. The van der Waals surface area contributed by atoms with Crippen LogP contribution < -0.4 is 0 Å². The number of carbonyl (C=O) groups excluding carboxylic acids is 6. The fraction of sp³-hybridized carbons (Fsp3) is 0.800. The monoisotopic (exact) mass is 622 g/mol. The molecule has 0 bridgehead atoms. The summed E-state index contributed by atoms with van der Waals surface area (Å²) in [6.07, 6.45) is 0. The molecule has 0 heterocycles. The fourth-order valence-electron chi connectivity index (χ4n) is 1.45. The Morgan fingerprint density at radius 1 is 0.390 bits per heavy atom. The van der Waals surface area contributed by atoms with Crippen LogP contribution in [0.5, 0.6) is 0 Å². The van der Waals surface area contributed by atoms with Crippen LogP contribution in [0.4, 0.5) is 0 Å². The zero-order valence-electron chi connectivity index (χ0n) is 28.6. The third-order valence-corrected chi connectivity index (χ3v) is 6.20. The van der Waals surface area contributed by atoms with Crippen LogP contribution in [0, 0.1) is 21.7 Å². The minimum absolute atomic E-state index is 0.0503. The van der Waals surface area contributed by atoms with E-state index < -0.39 is 77.0 Å². The Labute approximate surface area is 257 Å². The Hall–Kier alpha value is -1.75. The van der Waals surface area contributed by atoms with Gasteiger partial charge in [-0.05, 0) is 41.5 Å². The first-order valence-electron chi connectivity index (χ1n) is 13.4. The predicted octanol–water partition coefficient (Wildman–Crippen LogP) is 5.96. The zero-order chi connectivity index (χ0) is 34.0. The van der Waals surface area contributed by atoms with Gasteiger partial charge in [0.1, 0.15) is 0 Å². The van der Waals surface area contributed by atoms with Gasteiger partial charge in [-0.1, -0.05) is 41.5 Å². The second-order valence-electron chi connectivity index (χ2n) is 15.5. The van der Waals surface area contributed by atoms with Crippen molar-refractivity contribution < 1.29 is 64.8 Å². The molecule has 0 aliphatic carbocycles. The third kappa shape index (κ3) is 23.5. The second kappa shape index (κ2) is 16.2. The van der Waals surface area contributed by atoms with E-state index in [2.05, 4.69) is 9.47 Å². The molecule has 10 nitrogen and oxygen atoms in total. The van der Waals surface area contributed by atoms with Gasteiger partial charge in [-0.15, -0.1) is 0 Å². The van der Waals surface area contributed by atoms with Crippen LogP contribution in [-0.4, -0.2) is 46.6 Å². The zero-order valence-corrected chi connectivity index (χ0v) is 30.1. The summed E-state index contributed by atoms with van der Waals surface area (Å²) < 4.78 is 20.0. The Morgan fingerprint density at radius 2 is 0.610 bits per heavy atom. The molecule has 0 saturated heterocycles. The van der Waals surface area contributed by atoms with Crippen molar-refractivity contribution in [3.8, 4) is 0 Å². The molecule has 0 spiro atoms. The summed E-state index contributed by atoms with van der Waals surface area (Å²) in [7, 11) is 0. The van der Waals surface area contributed by atoms with Gasteiger partial charge in [0.2, 0.25) is 11.6 Å². The average molecular weight is 623 g/mol. The minimum atomic E-state index is -1.08. The van der Waals surface area contributed by atoms with E-state index in [1.54, 1.807) is 83.1 Å². The van der Waals surface area contributed by atoms with Gasteiger partial charge in [-0.25, -0.2) is 9.59 Å². The van der Waals surface area contributed by atoms with E-state index in [0.717, 1.165) is 0 Å². The first-order valence-corrected chi connectivity index (χ1v) is 14.6. The van der Waals surface area contributed by atoms with E-state index in [1.807, 2.05) is 41.5 Å². The Morgan fingerprint density at radius 3 is 0.756 bits per heavy atom. The van der Waals surface area contributed by atoms with Crippen molar-refractivity contribution in [3.63, 3.8) is 0 Å². The summed E-state index contributed by atoms with van der Waals surface area (Å²) in [6.45, 7) is 31.5. The molecule has 0 aliphatic heterocycles. The standard InChI is InChI=1S/2C11H18O4.2C4H9O.Ti/c2*1-10(2,3)7(12)8(13)15-9(14)11(4,5)6;2*1-4(2,3)5;/h2*1-6H3;2*1-3H3;/q;;2*-1;+2. The van der Waals surface area contributed by atoms with Crippen molar-refractivity contribution in [2.75, 3.05) is 0 Å². The molecule has 0 amide bonds. The molecule has 0 fully saturated rings. The topological polar surface area (TPSA) is 139 Å². The first kappa shape index (κ1) is 43.7. The van der Waals surface area contributed by atoms with Crippen LogP contribution in [0.2, 0.25) is 0 Å². The number of rotatable bonds is 4. The number of carbonyl (C=O) groups is 6. The third-order valence-electron chi connectivity index (χ3n) is 4.02. The van der Waals surface area contributed by atoms with Gasteiger partial charge < -0.3 is 9.47 Å². The van der Waals surface area contributed by atoms with Crippen molar-refractivity contribution >= 4 is 35.4 Å². The van der Waals surface area contributed by atoms with Crippen LogP contribution in [0.25, 0.3) is 0 Å². The number of Topliss-reactive ketones (excluding diaryl/α,β-unsaturated/α-hetero) is 2. The van der Waals surface area contributed by atoms with Gasteiger partial charge >= 0.3 is 103 Å². The van der Waals surface area contributed by atoms with Crippen LogP contribution in [-0.2, 0) is 64.8 Å². The van der Waals surface area contributed by atoms with Gasteiger partial charge in [-0.2, -0.15) is 0 Å². The van der Waals surface area contributed by atoms with Crippen LogP contribution in [0.15, 0.2) is 0 Å². The number of ether oxygens (including phenoxy) is 2. The van der Waals surface area contributed by atoms with Gasteiger partial charge in [0.15, 0.2) is 0 Å². The Bertz CT molecular complexity index is 847. The van der Waals surface area contributed by atoms with Crippen LogP contribution in [0.3, 0.4) is 0 Å². The van der Waals surface area contributed by atoms with E-state index in [1.165, 1.54) is 0 Å². The van der Waals surface area contributed by atoms with E-state index in [-0.39, 0.29) is 11.2 Å². The van der Waals surface area contributed by atoms with Crippen molar-refractivity contribution in [3.05, 3.63) is 0 Å². The van der Waals surface area contributed by atoms with Crippen molar-refractivity contribution in [2.24, 2.45) is 21.7 Å². The fourth-order valence-corrected chi connectivity index (χ4v) is 2.30. The Kier molecular flexibility index (Phi) is 17.3. The summed E-state index contributed by atoms with van der Waals surface area (Å²) >= 11 is -0.681.